The van der Waals surface area contributed by atoms with Crippen LogP contribution in [-0.4, -0.2) is 78.0 Å². The van der Waals surface area contributed by atoms with Crippen LogP contribution in [0.15, 0.2) is 0 Å². The van der Waals surface area contributed by atoms with Gasteiger partial charge >= 0.3 is 6.03 Å². The second-order valence-corrected chi connectivity index (χ2v) is 15.4. The minimum absolute atomic E-state index is 0.0201. The summed E-state index contributed by atoms with van der Waals surface area (Å²) in [7, 11) is 0. The first kappa shape index (κ1) is 34.3. The third-order valence-corrected chi connectivity index (χ3v) is 9.58. The molecule has 2 aliphatic heterocycles. The molecule has 9 heteroatoms. The van der Waals surface area contributed by atoms with Crippen molar-refractivity contribution in [3.05, 3.63) is 0 Å². The zero-order chi connectivity index (χ0) is 31.2. The first-order valence-corrected chi connectivity index (χ1v) is 16.3. The van der Waals surface area contributed by atoms with E-state index in [0.717, 1.165) is 51.4 Å². The van der Waals surface area contributed by atoms with E-state index in [-0.39, 0.29) is 53.0 Å². The van der Waals surface area contributed by atoms with Crippen molar-refractivity contribution < 1.29 is 23.9 Å². The number of amides is 4. The van der Waals surface area contributed by atoms with E-state index in [9.17, 15) is 19.2 Å². The molecule has 0 radical (unpaired) electrons. The summed E-state index contributed by atoms with van der Waals surface area (Å²) in [6, 6.07) is -1.88. The van der Waals surface area contributed by atoms with Crippen LogP contribution in [-0.2, 0) is 19.1 Å². The molecule has 1 saturated carbocycles. The Hall–Kier alpha value is -2.16. The quantitative estimate of drug-likeness (QED) is 0.387. The molecule has 0 spiro atoms. The average Bonchev–Trinajstić information content (AvgIpc) is 3.30. The van der Waals surface area contributed by atoms with E-state index < -0.39 is 18.1 Å². The Kier molecular flexibility index (Phi) is 11.9. The highest BCUT2D eigenvalue weighted by atomic mass is 16.5. The lowest BCUT2D eigenvalue weighted by Crippen LogP contribution is -2.60. The molecule has 9 nitrogen and oxygen atoms in total. The minimum atomic E-state index is -0.682. The van der Waals surface area contributed by atoms with E-state index in [1.54, 1.807) is 16.7 Å². The van der Waals surface area contributed by atoms with Gasteiger partial charge < -0.3 is 25.2 Å². The molecule has 0 aromatic carbocycles. The van der Waals surface area contributed by atoms with Gasteiger partial charge in [0.05, 0.1) is 12.1 Å². The molecule has 1 unspecified atom stereocenters. The lowest BCUT2D eigenvalue weighted by molar-refractivity contribution is -0.143. The van der Waals surface area contributed by atoms with Crippen LogP contribution in [0, 0.1) is 28.6 Å². The van der Waals surface area contributed by atoms with Gasteiger partial charge in [-0.15, -0.1) is 0 Å². The molecule has 42 heavy (non-hydrogen) atoms. The van der Waals surface area contributed by atoms with Crippen molar-refractivity contribution in [2.45, 2.75) is 131 Å². The van der Waals surface area contributed by atoms with Gasteiger partial charge in [-0.3, -0.25) is 14.4 Å². The number of hydrogen-bond acceptors (Lipinski definition) is 5. The Labute approximate surface area is 254 Å². The Bertz CT molecular complexity index is 953. The molecule has 2 saturated heterocycles. The number of Topliss-reactive ketones (excluding diaryl/α,β-unsaturated/α-hetero) is 1. The standard InChI is InChI=1S/C33H58N4O5/c1-22(2)18-25-14-16-37(29(25)23(3)38)30(40)28(24-12-10-9-11-13-24)35-31(41)34-26(32(4,5)6)20-36-21-42-17-15-33(7,8)19-27(36)39/h22,24-26,28-29H,9-21H2,1-8H3,(H2,34,35,41)/t25?,26-,28+,29-/m1/s1. The molecule has 0 bridgehead atoms. The molecule has 0 aromatic heterocycles. The summed E-state index contributed by atoms with van der Waals surface area (Å²) in [5.74, 6) is 0.538. The normalized spacial score (nSPS) is 25.5. The number of carbonyl (C=O) groups excluding carboxylic acids is 4. The molecule has 4 atom stereocenters. The van der Waals surface area contributed by atoms with Crippen molar-refractivity contribution in [1.82, 2.24) is 20.4 Å². The molecular formula is C33H58N4O5. The number of nitrogens with one attached hydrogen (secondary N) is 2. The number of ketones is 1. The minimum Gasteiger partial charge on any atom is -0.361 e. The van der Waals surface area contributed by atoms with E-state index in [2.05, 4.69) is 38.3 Å². The van der Waals surface area contributed by atoms with E-state index >= 15 is 0 Å². The van der Waals surface area contributed by atoms with Crippen molar-refractivity contribution in [2.24, 2.45) is 28.6 Å². The highest BCUT2D eigenvalue weighted by Crippen LogP contribution is 2.34. The van der Waals surface area contributed by atoms with Crippen molar-refractivity contribution in [3.8, 4) is 0 Å². The molecule has 4 amide bonds. The summed E-state index contributed by atoms with van der Waals surface area (Å²) in [6.45, 7) is 17.8. The lowest BCUT2D eigenvalue weighted by atomic mass is 9.82. The monoisotopic (exact) mass is 590 g/mol. The largest absolute Gasteiger partial charge is 0.361 e. The summed E-state index contributed by atoms with van der Waals surface area (Å²) in [6.07, 6.45) is 7.92. The Morgan fingerprint density at radius 3 is 2.31 bits per heavy atom. The summed E-state index contributed by atoms with van der Waals surface area (Å²) >= 11 is 0. The fourth-order valence-corrected chi connectivity index (χ4v) is 6.99. The molecule has 3 aliphatic rings. The molecule has 1 aliphatic carbocycles. The van der Waals surface area contributed by atoms with Crippen molar-refractivity contribution in [1.29, 1.82) is 0 Å². The highest BCUT2D eigenvalue weighted by Gasteiger charge is 2.44. The highest BCUT2D eigenvalue weighted by molar-refractivity contribution is 5.92. The topological polar surface area (TPSA) is 108 Å². The Morgan fingerprint density at radius 2 is 1.71 bits per heavy atom. The second kappa shape index (κ2) is 14.5. The van der Waals surface area contributed by atoms with Crippen LogP contribution in [0.3, 0.4) is 0 Å². The van der Waals surface area contributed by atoms with E-state index in [1.165, 1.54) is 0 Å². The van der Waals surface area contributed by atoms with E-state index in [1.807, 2.05) is 20.8 Å². The maximum atomic E-state index is 14.2. The van der Waals surface area contributed by atoms with Crippen molar-refractivity contribution >= 4 is 23.6 Å². The number of carbonyl (C=O) groups is 4. The first-order valence-electron chi connectivity index (χ1n) is 16.3. The number of ether oxygens (including phenoxy) is 1. The van der Waals surface area contributed by atoms with Crippen molar-refractivity contribution in [3.63, 3.8) is 0 Å². The molecule has 3 fully saturated rings. The zero-order valence-electron chi connectivity index (χ0n) is 27.6. The fourth-order valence-electron chi connectivity index (χ4n) is 6.99. The second-order valence-electron chi connectivity index (χ2n) is 15.4. The van der Waals surface area contributed by atoms with Gasteiger partial charge in [-0.25, -0.2) is 4.79 Å². The van der Waals surface area contributed by atoms with Crippen molar-refractivity contribution in [2.75, 3.05) is 26.4 Å². The summed E-state index contributed by atoms with van der Waals surface area (Å²) < 4.78 is 5.80. The summed E-state index contributed by atoms with van der Waals surface area (Å²) in [5.41, 5.74) is -0.495. The van der Waals surface area contributed by atoms with E-state index in [0.29, 0.717) is 32.0 Å². The number of likely N-dealkylation sites (tertiary alicyclic amines) is 1. The third-order valence-electron chi connectivity index (χ3n) is 9.58. The van der Waals surface area contributed by atoms with Crippen LogP contribution < -0.4 is 10.6 Å². The van der Waals surface area contributed by atoms with E-state index in [4.69, 9.17) is 4.74 Å². The van der Waals surface area contributed by atoms with Gasteiger partial charge in [-0.05, 0) is 67.6 Å². The Balaban J connectivity index is 1.77. The third kappa shape index (κ3) is 9.42. The smallest absolute Gasteiger partial charge is 0.315 e. The number of nitrogens with zero attached hydrogens (tertiary/aromatic N) is 2. The molecular weight excluding hydrogens is 532 g/mol. The van der Waals surface area contributed by atoms with Crippen LogP contribution in [0.1, 0.15) is 113 Å². The van der Waals surface area contributed by atoms with Crippen LogP contribution in [0.2, 0.25) is 0 Å². The van der Waals surface area contributed by atoms with Gasteiger partial charge in [0.2, 0.25) is 11.8 Å². The average molecular weight is 591 g/mol. The fraction of sp³-hybridized carbons (Fsp3) is 0.879. The van der Waals surface area contributed by atoms with Crippen LogP contribution in [0.4, 0.5) is 4.79 Å². The van der Waals surface area contributed by atoms with Gasteiger partial charge in [-0.1, -0.05) is 67.7 Å². The molecule has 0 aromatic rings. The van der Waals surface area contributed by atoms with Gasteiger partial charge in [0.15, 0.2) is 5.78 Å². The van der Waals surface area contributed by atoms with Crippen LogP contribution in [0.25, 0.3) is 0 Å². The lowest BCUT2D eigenvalue weighted by Gasteiger charge is -2.39. The number of urea groups is 1. The zero-order valence-corrected chi connectivity index (χ0v) is 27.6. The predicted molar refractivity (Wildman–Crippen MR) is 165 cm³/mol. The molecule has 2 N–H and O–H groups in total. The van der Waals surface area contributed by atoms with Gasteiger partial charge in [-0.2, -0.15) is 0 Å². The van der Waals surface area contributed by atoms with Crippen LogP contribution >= 0.6 is 0 Å². The SMILES string of the molecule is CC(=O)[C@@H]1C(CC(C)C)CCN1C(=O)[C@@H](NC(=O)N[C@H](CN1COCCC(C)(C)CC1=O)C(C)(C)C)C1CCCCC1. The maximum absolute atomic E-state index is 14.2. The first-order chi connectivity index (χ1) is 19.6. The molecule has 3 rings (SSSR count). The predicted octanol–water partition coefficient (Wildman–Crippen LogP) is 5.12. The van der Waals surface area contributed by atoms with Gasteiger partial charge in [0.25, 0.3) is 0 Å². The molecule has 2 heterocycles. The summed E-state index contributed by atoms with van der Waals surface area (Å²) in [5, 5.41) is 6.21. The maximum Gasteiger partial charge on any atom is 0.315 e. The van der Waals surface area contributed by atoms with Crippen LogP contribution in [0.5, 0.6) is 0 Å². The Morgan fingerprint density at radius 1 is 1.05 bits per heavy atom. The molecule has 240 valence electrons. The summed E-state index contributed by atoms with van der Waals surface area (Å²) in [4.78, 5) is 57.2. The number of hydrogen-bond donors (Lipinski definition) is 2. The van der Waals surface area contributed by atoms with Gasteiger partial charge in [0, 0.05) is 26.1 Å². The van der Waals surface area contributed by atoms with Gasteiger partial charge in [0.1, 0.15) is 12.8 Å². The number of rotatable bonds is 9.